The first-order valence-corrected chi connectivity index (χ1v) is 6.83. The van der Waals surface area contributed by atoms with Gasteiger partial charge in [-0.25, -0.2) is 0 Å². The number of benzene rings is 1. The quantitative estimate of drug-likeness (QED) is 0.886. The van der Waals surface area contributed by atoms with Crippen LogP contribution in [0.5, 0.6) is 5.75 Å². The van der Waals surface area contributed by atoms with Gasteiger partial charge in [-0.3, -0.25) is 4.79 Å². The van der Waals surface area contributed by atoms with E-state index in [0.717, 1.165) is 16.9 Å². The van der Waals surface area contributed by atoms with Crippen molar-refractivity contribution < 1.29 is 9.53 Å². The molecule has 0 unspecified atom stereocenters. The summed E-state index contributed by atoms with van der Waals surface area (Å²) >= 11 is 0. The number of carbonyl (C=O) groups is 1. The molecule has 0 aliphatic heterocycles. The number of nitrogens with one attached hydrogen (secondary N) is 1. The number of hydrogen-bond donors (Lipinski definition) is 1. The maximum atomic E-state index is 11.9. The molecule has 1 rings (SSSR count). The Hall–Kier alpha value is -1.51. The minimum atomic E-state index is -0.473. The molecule has 0 heterocycles. The normalized spacial score (nSPS) is 12.4. The predicted octanol–water partition coefficient (Wildman–Crippen LogP) is 3.15. The molecule has 106 valence electrons. The fourth-order valence-corrected chi connectivity index (χ4v) is 1.82. The Morgan fingerprint density at radius 2 is 1.84 bits per heavy atom. The van der Waals surface area contributed by atoms with Crippen molar-refractivity contribution in [1.29, 1.82) is 0 Å². The average molecular weight is 263 g/mol. The monoisotopic (exact) mass is 263 g/mol. The Bertz CT molecular complexity index is 452. The van der Waals surface area contributed by atoms with E-state index in [4.69, 9.17) is 4.74 Å². The Labute approximate surface area is 116 Å². The van der Waals surface area contributed by atoms with E-state index in [1.807, 2.05) is 19.9 Å². The molecule has 0 radical (unpaired) electrons. The maximum Gasteiger partial charge on any atom is 0.260 e. The lowest BCUT2D eigenvalue weighted by Gasteiger charge is -2.18. The molecular formula is C16H25NO2. The van der Waals surface area contributed by atoms with Crippen LogP contribution in [0.15, 0.2) is 12.1 Å². The molecule has 0 spiro atoms. The minimum Gasteiger partial charge on any atom is -0.481 e. The first kappa shape index (κ1) is 15.5. The van der Waals surface area contributed by atoms with Crippen molar-refractivity contribution in [3.63, 3.8) is 0 Å². The zero-order chi connectivity index (χ0) is 14.6. The van der Waals surface area contributed by atoms with Crippen molar-refractivity contribution in [3.05, 3.63) is 28.8 Å². The number of amides is 1. The summed E-state index contributed by atoms with van der Waals surface area (Å²) in [5, 5.41) is 2.89. The van der Waals surface area contributed by atoms with E-state index >= 15 is 0 Å². The second-order valence-corrected chi connectivity index (χ2v) is 5.60. The third kappa shape index (κ3) is 4.58. The van der Waals surface area contributed by atoms with Gasteiger partial charge in [-0.2, -0.15) is 0 Å². The van der Waals surface area contributed by atoms with Gasteiger partial charge in [-0.1, -0.05) is 19.9 Å². The summed E-state index contributed by atoms with van der Waals surface area (Å²) in [5.41, 5.74) is 3.42. The topological polar surface area (TPSA) is 38.3 Å². The van der Waals surface area contributed by atoms with Crippen molar-refractivity contribution in [1.82, 2.24) is 5.32 Å². The third-order valence-corrected chi connectivity index (χ3v) is 3.12. The molecule has 0 aromatic heterocycles. The Kier molecular flexibility index (Phi) is 5.40. The van der Waals surface area contributed by atoms with E-state index in [9.17, 15) is 4.79 Å². The lowest BCUT2D eigenvalue weighted by atomic mass is 10.1. The van der Waals surface area contributed by atoms with Crippen LogP contribution in [0, 0.1) is 26.7 Å². The van der Waals surface area contributed by atoms with Crippen LogP contribution >= 0.6 is 0 Å². The molecule has 0 saturated heterocycles. The van der Waals surface area contributed by atoms with Gasteiger partial charge >= 0.3 is 0 Å². The second-order valence-electron chi connectivity index (χ2n) is 5.60. The molecule has 1 aromatic carbocycles. The van der Waals surface area contributed by atoms with Crippen LogP contribution < -0.4 is 10.1 Å². The van der Waals surface area contributed by atoms with E-state index in [2.05, 4.69) is 32.2 Å². The second kappa shape index (κ2) is 6.60. The minimum absolute atomic E-state index is 0.0627. The highest BCUT2D eigenvalue weighted by molar-refractivity contribution is 5.80. The summed E-state index contributed by atoms with van der Waals surface area (Å²) in [4.78, 5) is 11.9. The lowest BCUT2D eigenvalue weighted by Crippen LogP contribution is -2.38. The average Bonchev–Trinajstić information content (AvgIpc) is 2.32. The SMILES string of the molecule is Cc1cc(C)c(C)c(O[C@@H](C)C(=O)NCC(C)C)c1. The van der Waals surface area contributed by atoms with Gasteiger partial charge in [0, 0.05) is 6.54 Å². The molecule has 0 saturated carbocycles. The van der Waals surface area contributed by atoms with Crippen LogP contribution in [-0.4, -0.2) is 18.6 Å². The van der Waals surface area contributed by atoms with Crippen molar-refractivity contribution in [3.8, 4) is 5.75 Å². The summed E-state index contributed by atoms with van der Waals surface area (Å²) in [7, 11) is 0. The van der Waals surface area contributed by atoms with Crippen molar-refractivity contribution in [2.24, 2.45) is 5.92 Å². The Morgan fingerprint density at radius 3 is 2.42 bits per heavy atom. The molecule has 0 bridgehead atoms. The highest BCUT2D eigenvalue weighted by Gasteiger charge is 2.16. The predicted molar refractivity (Wildman–Crippen MR) is 78.6 cm³/mol. The molecule has 1 amide bonds. The summed E-state index contributed by atoms with van der Waals surface area (Å²) in [6, 6.07) is 4.10. The third-order valence-electron chi connectivity index (χ3n) is 3.12. The standard InChI is InChI=1S/C16H25NO2/c1-10(2)9-17-16(18)14(6)19-15-8-11(3)7-12(4)13(15)5/h7-8,10,14H,9H2,1-6H3,(H,17,18)/t14-/m0/s1. The van der Waals surface area contributed by atoms with Gasteiger partial charge in [-0.15, -0.1) is 0 Å². The van der Waals surface area contributed by atoms with Crippen LogP contribution in [0.2, 0.25) is 0 Å². The van der Waals surface area contributed by atoms with Gasteiger partial charge < -0.3 is 10.1 Å². The van der Waals surface area contributed by atoms with Crippen molar-refractivity contribution in [2.45, 2.75) is 47.6 Å². The fourth-order valence-electron chi connectivity index (χ4n) is 1.82. The number of hydrogen-bond acceptors (Lipinski definition) is 2. The summed E-state index contributed by atoms with van der Waals surface area (Å²) in [6.07, 6.45) is -0.473. The molecular weight excluding hydrogens is 238 g/mol. The zero-order valence-corrected chi connectivity index (χ0v) is 12.8. The van der Waals surface area contributed by atoms with Gasteiger partial charge in [-0.05, 0) is 56.4 Å². The largest absolute Gasteiger partial charge is 0.481 e. The molecule has 3 nitrogen and oxygen atoms in total. The number of aryl methyl sites for hydroxylation is 2. The first-order valence-electron chi connectivity index (χ1n) is 6.83. The van der Waals surface area contributed by atoms with Gasteiger partial charge in [0.2, 0.25) is 0 Å². The molecule has 1 aromatic rings. The zero-order valence-electron chi connectivity index (χ0n) is 12.8. The molecule has 1 N–H and O–H groups in total. The van der Waals surface area contributed by atoms with Gasteiger partial charge in [0.1, 0.15) is 5.75 Å². The highest BCUT2D eigenvalue weighted by Crippen LogP contribution is 2.24. The molecule has 1 atom stereocenters. The van der Waals surface area contributed by atoms with Crippen LogP contribution in [0.1, 0.15) is 37.5 Å². The number of ether oxygens (including phenoxy) is 1. The van der Waals surface area contributed by atoms with Crippen LogP contribution in [0.25, 0.3) is 0 Å². The van der Waals surface area contributed by atoms with E-state index < -0.39 is 6.10 Å². The summed E-state index contributed by atoms with van der Waals surface area (Å²) in [5.74, 6) is 1.18. The van der Waals surface area contributed by atoms with E-state index in [-0.39, 0.29) is 5.91 Å². The first-order chi connectivity index (χ1) is 8.81. The Balaban J connectivity index is 2.71. The van der Waals surface area contributed by atoms with E-state index in [0.29, 0.717) is 12.5 Å². The fraction of sp³-hybridized carbons (Fsp3) is 0.562. The van der Waals surface area contributed by atoms with Crippen LogP contribution in [0.3, 0.4) is 0 Å². The molecule has 0 aliphatic carbocycles. The van der Waals surface area contributed by atoms with Gasteiger partial charge in [0.05, 0.1) is 0 Å². The molecule has 0 fully saturated rings. The highest BCUT2D eigenvalue weighted by atomic mass is 16.5. The lowest BCUT2D eigenvalue weighted by molar-refractivity contribution is -0.127. The van der Waals surface area contributed by atoms with Crippen LogP contribution in [0.4, 0.5) is 0 Å². The van der Waals surface area contributed by atoms with Gasteiger partial charge in [0.25, 0.3) is 5.91 Å². The summed E-state index contributed by atoms with van der Waals surface area (Å²) < 4.78 is 5.79. The van der Waals surface area contributed by atoms with Gasteiger partial charge in [0.15, 0.2) is 6.10 Å². The number of rotatable bonds is 5. The number of carbonyl (C=O) groups excluding carboxylic acids is 1. The molecule has 0 aliphatic rings. The van der Waals surface area contributed by atoms with E-state index in [1.54, 1.807) is 6.92 Å². The molecule has 3 heteroatoms. The van der Waals surface area contributed by atoms with Crippen LogP contribution in [-0.2, 0) is 4.79 Å². The Morgan fingerprint density at radius 1 is 1.21 bits per heavy atom. The maximum absolute atomic E-state index is 11.9. The van der Waals surface area contributed by atoms with Crippen molar-refractivity contribution in [2.75, 3.05) is 6.54 Å². The van der Waals surface area contributed by atoms with E-state index in [1.165, 1.54) is 5.56 Å². The smallest absolute Gasteiger partial charge is 0.260 e. The molecule has 19 heavy (non-hydrogen) atoms. The van der Waals surface area contributed by atoms with Crippen molar-refractivity contribution >= 4 is 5.91 Å². The summed E-state index contributed by atoms with van der Waals surface area (Å²) in [6.45, 7) is 12.7.